The van der Waals surface area contributed by atoms with Crippen LogP contribution >= 0.6 is 0 Å². The van der Waals surface area contributed by atoms with Crippen LogP contribution in [0, 0.1) is 5.92 Å². The highest BCUT2D eigenvalue weighted by Crippen LogP contribution is 2.35. The van der Waals surface area contributed by atoms with E-state index >= 15 is 0 Å². The molecule has 2 atom stereocenters. The van der Waals surface area contributed by atoms with Gasteiger partial charge in [0.25, 0.3) is 11.5 Å². The van der Waals surface area contributed by atoms with Crippen LogP contribution in [0.25, 0.3) is 0 Å². The van der Waals surface area contributed by atoms with Gasteiger partial charge in [-0.25, -0.2) is 0 Å². The van der Waals surface area contributed by atoms with Gasteiger partial charge in [0.05, 0.1) is 13.5 Å². The number of nitrogens with one attached hydrogen (secondary N) is 1. The summed E-state index contributed by atoms with van der Waals surface area (Å²) < 4.78 is 6.73. The lowest BCUT2D eigenvalue weighted by atomic mass is 9.83. The number of pyridine rings is 1. The van der Waals surface area contributed by atoms with Gasteiger partial charge in [-0.15, -0.1) is 0 Å². The molecule has 3 heterocycles. The molecule has 2 aromatic rings. The molecule has 1 saturated heterocycles. The van der Waals surface area contributed by atoms with Crippen molar-refractivity contribution in [1.29, 1.82) is 0 Å². The molecule has 1 N–H and O–H groups in total. The fourth-order valence-corrected chi connectivity index (χ4v) is 4.46. The molecule has 2 bridgehead atoms. The first-order valence-electron chi connectivity index (χ1n) is 10.0. The second kappa shape index (κ2) is 8.25. The molecule has 1 aromatic carbocycles. The molecule has 9 heteroatoms. The SMILES string of the molecule is COc1ccc(CC(=O)Nc2ccc3n(c2=O)C[C@H]2C[C@@H]3CN(C(=O)C(=O)[O-])C2)cc1. The van der Waals surface area contributed by atoms with Gasteiger partial charge in [0.1, 0.15) is 17.4 Å². The lowest BCUT2D eigenvalue weighted by Crippen LogP contribution is -2.53. The Morgan fingerprint density at radius 3 is 2.52 bits per heavy atom. The fourth-order valence-electron chi connectivity index (χ4n) is 4.46. The third-order valence-electron chi connectivity index (χ3n) is 5.86. The van der Waals surface area contributed by atoms with Crippen LogP contribution in [0.4, 0.5) is 5.69 Å². The lowest BCUT2D eigenvalue weighted by Gasteiger charge is -2.42. The van der Waals surface area contributed by atoms with Crippen molar-refractivity contribution in [3.8, 4) is 5.75 Å². The van der Waals surface area contributed by atoms with Gasteiger partial charge in [-0.3, -0.25) is 14.4 Å². The number of carbonyl (C=O) groups is 3. The predicted octanol–water partition coefficient (Wildman–Crippen LogP) is -0.266. The number of anilines is 1. The highest BCUT2D eigenvalue weighted by atomic mass is 16.5. The van der Waals surface area contributed by atoms with E-state index in [1.54, 1.807) is 48.1 Å². The largest absolute Gasteiger partial charge is 0.540 e. The highest BCUT2D eigenvalue weighted by Gasteiger charge is 2.36. The first-order chi connectivity index (χ1) is 14.9. The van der Waals surface area contributed by atoms with Gasteiger partial charge >= 0.3 is 0 Å². The second-order valence-electron chi connectivity index (χ2n) is 7.96. The van der Waals surface area contributed by atoms with E-state index < -0.39 is 11.9 Å². The Morgan fingerprint density at radius 1 is 1.10 bits per heavy atom. The Balaban J connectivity index is 1.49. The third kappa shape index (κ3) is 4.16. The molecule has 9 nitrogen and oxygen atoms in total. The number of methoxy groups -OCH3 is 1. The fraction of sp³-hybridized carbons (Fsp3) is 0.364. The molecule has 2 aliphatic heterocycles. The Morgan fingerprint density at radius 2 is 1.84 bits per heavy atom. The number of aliphatic carboxylic acids is 1. The third-order valence-corrected chi connectivity index (χ3v) is 5.86. The minimum absolute atomic E-state index is 0.0301. The molecule has 162 valence electrons. The van der Waals surface area contributed by atoms with E-state index in [-0.39, 0.29) is 48.5 Å². The van der Waals surface area contributed by atoms with Crippen molar-refractivity contribution in [3.05, 3.63) is 58.0 Å². The Labute approximate surface area is 178 Å². The maximum Gasteiger partial charge on any atom is 0.274 e. The minimum Gasteiger partial charge on any atom is -0.540 e. The van der Waals surface area contributed by atoms with Crippen LogP contribution in [-0.2, 0) is 27.3 Å². The van der Waals surface area contributed by atoms with Gasteiger partial charge < -0.3 is 29.4 Å². The number of fused-ring (bicyclic) bond motifs is 4. The second-order valence-corrected chi connectivity index (χ2v) is 7.96. The first-order valence-corrected chi connectivity index (χ1v) is 10.0. The maximum absolute atomic E-state index is 13.0. The molecule has 0 aliphatic carbocycles. The van der Waals surface area contributed by atoms with Crippen LogP contribution in [0.15, 0.2) is 41.2 Å². The molecule has 2 amide bonds. The molecule has 0 saturated carbocycles. The van der Waals surface area contributed by atoms with Crippen molar-refractivity contribution < 1.29 is 24.2 Å². The van der Waals surface area contributed by atoms with Crippen LogP contribution in [0.1, 0.15) is 23.6 Å². The summed E-state index contributed by atoms with van der Waals surface area (Å²) >= 11 is 0. The van der Waals surface area contributed by atoms with E-state index in [0.717, 1.165) is 17.7 Å². The number of hydrogen-bond donors (Lipinski definition) is 1. The predicted molar refractivity (Wildman–Crippen MR) is 108 cm³/mol. The molecule has 31 heavy (non-hydrogen) atoms. The zero-order chi connectivity index (χ0) is 22.1. The van der Waals surface area contributed by atoms with Crippen molar-refractivity contribution in [3.63, 3.8) is 0 Å². The average Bonchev–Trinajstić information content (AvgIpc) is 2.75. The van der Waals surface area contributed by atoms with Crippen LogP contribution in [0.2, 0.25) is 0 Å². The summed E-state index contributed by atoms with van der Waals surface area (Å²) in [7, 11) is 1.57. The van der Waals surface area contributed by atoms with E-state index in [1.165, 1.54) is 4.90 Å². The zero-order valence-electron chi connectivity index (χ0n) is 17.0. The number of aromatic nitrogens is 1. The molecular weight excluding hydrogens is 402 g/mol. The number of carboxylic acid groups (broad SMARTS) is 1. The van der Waals surface area contributed by atoms with E-state index in [9.17, 15) is 24.3 Å². The highest BCUT2D eigenvalue weighted by molar-refractivity contribution is 6.30. The molecule has 1 aromatic heterocycles. The normalized spacial score (nSPS) is 19.3. The number of ether oxygens (including phenoxy) is 1. The molecule has 4 rings (SSSR count). The quantitative estimate of drug-likeness (QED) is 0.675. The summed E-state index contributed by atoms with van der Waals surface area (Å²) in [6.45, 7) is 0.860. The Hall–Kier alpha value is -3.62. The van der Waals surface area contributed by atoms with E-state index in [2.05, 4.69) is 5.32 Å². The van der Waals surface area contributed by atoms with E-state index in [0.29, 0.717) is 12.3 Å². The van der Waals surface area contributed by atoms with Crippen LogP contribution in [0.3, 0.4) is 0 Å². The number of carbonyl (C=O) groups excluding carboxylic acids is 3. The molecule has 0 radical (unpaired) electrons. The van der Waals surface area contributed by atoms with Gasteiger partial charge in [0, 0.05) is 31.2 Å². The summed E-state index contributed by atoms with van der Waals surface area (Å²) in [5.74, 6) is -2.50. The Kier molecular flexibility index (Phi) is 5.50. The van der Waals surface area contributed by atoms with Crippen molar-refractivity contribution >= 4 is 23.5 Å². The van der Waals surface area contributed by atoms with Crippen LogP contribution < -0.4 is 20.7 Å². The summed E-state index contributed by atoms with van der Waals surface area (Å²) in [5.41, 5.74) is 1.44. The molecule has 1 fully saturated rings. The summed E-state index contributed by atoms with van der Waals surface area (Å²) in [6.07, 6.45) is 0.899. The van der Waals surface area contributed by atoms with Gasteiger partial charge in [-0.1, -0.05) is 12.1 Å². The number of rotatable bonds is 4. The molecule has 0 unspecified atom stereocenters. The number of amides is 2. The summed E-state index contributed by atoms with van der Waals surface area (Å²) in [4.78, 5) is 49.4. The van der Waals surface area contributed by atoms with Gasteiger partial charge in [-0.2, -0.15) is 0 Å². The molecular formula is C22H22N3O6-. The maximum atomic E-state index is 13.0. The monoisotopic (exact) mass is 424 g/mol. The van der Waals surface area contributed by atoms with Gasteiger partial charge in [0.2, 0.25) is 5.91 Å². The van der Waals surface area contributed by atoms with Crippen molar-refractivity contribution in [2.45, 2.75) is 25.3 Å². The average molecular weight is 424 g/mol. The number of piperidine rings is 1. The van der Waals surface area contributed by atoms with Gasteiger partial charge in [-0.05, 0) is 42.2 Å². The topological polar surface area (TPSA) is 121 Å². The number of carboxylic acids is 1. The van der Waals surface area contributed by atoms with Crippen molar-refractivity contribution in [2.24, 2.45) is 5.92 Å². The van der Waals surface area contributed by atoms with E-state index in [4.69, 9.17) is 4.74 Å². The zero-order valence-corrected chi connectivity index (χ0v) is 17.0. The van der Waals surface area contributed by atoms with Gasteiger partial charge in [0.15, 0.2) is 0 Å². The first kappa shape index (κ1) is 20.6. The Bertz CT molecular complexity index is 1090. The molecule has 0 spiro atoms. The van der Waals surface area contributed by atoms with E-state index in [1.807, 2.05) is 0 Å². The van der Waals surface area contributed by atoms with Crippen molar-refractivity contribution in [2.75, 3.05) is 25.5 Å². The van der Waals surface area contributed by atoms with Crippen LogP contribution in [-0.4, -0.2) is 47.4 Å². The molecule has 2 aliphatic rings. The summed E-state index contributed by atoms with van der Waals surface area (Å²) in [5, 5.41) is 13.6. The summed E-state index contributed by atoms with van der Waals surface area (Å²) in [6, 6.07) is 10.4. The number of likely N-dealkylation sites (tertiary alicyclic amines) is 1. The van der Waals surface area contributed by atoms with Crippen LogP contribution in [0.5, 0.6) is 5.75 Å². The standard InChI is InChI=1S/C22H23N3O6/c1-31-16-4-2-13(3-5-16)9-19(26)23-17-6-7-18-15-8-14(11-25(18)20(17)27)10-24(12-15)21(28)22(29)30/h2-7,14-15H,8-12H2,1H3,(H,23,26)(H,29,30)/p-1/t14-,15+/m0/s1. The number of nitrogens with zero attached hydrogens (tertiary/aromatic N) is 2. The smallest absolute Gasteiger partial charge is 0.274 e. The van der Waals surface area contributed by atoms with Crippen molar-refractivity contribution in [1.82, 2.24) is 9.47 Å². The lowest BCUT2D eigenvalue weighted by molar-refractivity contribution is -0.302. The number of benzene rings is 1. The minimum atomic E-state index is -1.72. The number of hydrogen-bond acceptors (Lipinski definition) is 6.